The molecule has 1 aliphatic carbocycles. The molecule has 1 N–H and O–H groups in total. The minimum atomic E-state index is -3.18. The number of carboxylic acids is 1. The third-order valence-corrected chi connectivity index (χ3v) is 2.69. The summed E-state index contributed by atoms with van der Waals surface area (Å²) in [4.78, 5) is 10.4. The fourth-order valence-electron chi connectivity index (χ4n) is 2.13. The fourth-order valence-corrected chi connectivity index (χ4v) is 2.13. The molecule has 3 nitrogen and oxygen atoms in total. The molecule has 0 atom stereocenters. The van der Waals surface area contributed by atoms with Crippen molar-refractivity contribution >= 4 is 11.7 Å². The van der Waals surface area contributed by atoms with Crippen molar-refractivity contribution in [2.24, 2.45) is 0 Å². The van der Waals surface area contributed by atoms with Gasteiger partial charge in [-0.3, -0.25) is 0 Å². The van der Waals surface area contributed by atoms with E-state index in [-0.39, 0.29) is 12.0 Å². The number of hydrogen-bond acceptors (Lipinski definition) is 1. The molecule has 1 aliphatic heterocycles. The van der Waals surface area contributed by atoms with Crippen molar-refractivity contribution in [2.75, 3.05) is 6.54 Å². The topological polar surface area (TPSA) is 40.3 Å². The lowest BCUT2D eigenvalue weighted by atomic mass is 10.0. The van der Waals surface area contributed by atoms with E-state index in [0.717, 1.165) is 0 Å². The minimum Gasteiger partial charge on any atom is -0.477 e. The maximum Gasteiger partial charge on any atom is 0.370 e. The third-order valence-electron chi connectivity index (χ3n) is 2.69. The summed E-state index contributed by atoms with van der Waals surface area (Å²) >= 11 is 0. The van der Waals surface area contributed by atoms with Crippen LogP contribution in [0.5, 0.6) is 0 Å². The first-order chi connectivity index (χ1) is 7.34. The van der Waals surface area contributed by atoms with Crippen molar-refractivity contribution in [3.05, 3.63) is 11.3 Å². The molecule has 2 rings (SSSR count). The van der Waals surface area contributed by atoms with Crippen LogP contribution in [0.15, 0.2) is 11.3 Å². The standard InChI is InChI=1S/C9H7F4NO2/c10-8(11)6-4-1-2-9(12,13)7(4)14(6)3-5(15)16/h8H,1-3H2/p+1. The lowest BCUT2D eigenvalue weighted by molar-refractivity contribution is -0.496. The van der Waals surface area contributed by atoms with Crippen molar-refractivity contribution in [1.82, 2.24) is 0 Å². The maximum atomic E-state index is 13.2. The number of halogens is 4. The first kappa shape index (κ1) is 11.1. The Morgan fingerprint density at radius 1 is 1.50 bits per heavy atom. The highest BCUT2D eigenvalue weighted by Gasteiger charge is 2.61. The van der Waals surface area contributed by atoms with Gasteiger partial charge < -0.3 is 5.11 Å². The number of nitrogens with zero attached hydrogens (tertiary/aromatic N) is 1. The highest BCUT2D eigenvalue weighted by molar-refractivity contribution is 6.07. The van der Waals surface area contributed by atoms with E-state index in [2.05, 4.69) is 0 Å². The summed E-state index contributed by atoms with van der Waals surface area (Å²) in [6, 6.07) is 0. The summed E-state index contributed by atoms with van der Waals surface area (Å²) in [6.07, 6.45) is -3.55. The van der Waals surface area contributed by atoms with Crippen LogP contribution in [-0.4, -0.2) is 40.3 Å². The van der Waals surface area contributed by atoms with Gasteiger partial charge in [-0.1, -0.05) is 0 Å². The number of rotatable bonds is 3. The number of allylic oxidation sites excluding steroid dienone is 2. The van der Waals surface area contributed by atoms with E-state index in [1.807, 2.05) is 0 Å². The van der Waals surface area contributed by atoms with Crippen LogP contribution in [0.2, 0.25) is 0 Å². The van der Waals surface area contributed by atoms with Gasteiger partial charge in [-0.15, -0.1) is 0 Å². The molecule has 1 heterocycles. The molecule has 0 aromatic carbocycles. The number of aliphatic carboxylic acids is 1. The van der Waals surface area contributed by atoms with Crippen molar-refractivity contribution in [3.63, 3.8) is 0 Å². The molecule has 0 unspecified atom stereocenters. The molecule has 1 saturated carbocycles. The quantitative estimate of drug-likeness (QED) is 0.597. The van der Waals surface area contributed by atoms with E-state index < -0.39 is 42.7 Å². The molecule has 0 bridgehead atoms. The Morgan fingerprint density at radius 2 is 2.12 bits per heavy atom. The van der Waals surface area contributed by atoms with Gasteiger partial charge in [-0.05, 0) is 6.42 Å². The Hall–Kier alpha value is -1.40. The summed E-state index contributed by atoms with van der Waals surface area (Å²) in [5, 5.41) is 8.47. The molecular weight excluding hydrogens is 230 g/mol. The van der Waals surface area contributed by atoms with E-state index in [1.54, 1.807) is 0 Å². The molecule has 0 radical (unpaired) electrons. The van der Waals surface area contributed by atoms with Crippen LogP contribution >= 0.6 is 0 Å². The number of fused-ring (bicyclic) bond motifs is 1. The van der Waals surface area contributed by atoms with Gasteiger partial charge in [-0.25, -0.2) is 4.79 Å². The second kappa shape index (κ2) is 3.29. The molecule has 16 heavy (non-hydrogen) atoms. The van der Waals surface area contributed by atoms with Crippen molar-refractivity contribution < 1.29 is 32.0 Å². The Morgan fingerprint density at radius 3 is 2.62 bits per heavy atom. The highest BCUT2D eigenvalue weighted by atomic mass is 19.3. The van der Waals surface area contributed by atoms with Gasteiger partial charge in [0.15, 0.2) is 0 Å². The monoisotopic (exact) mass is 238 g/mol. The van der Waals surface area contributed by atoms with Crippen LogP contribution in [0, 0.1) is 0 Å². The molecule has 0 spiro atoms. The molecule has 0 saturated heterocycles. The summed E-state index contributed by atoms with van der Waals surface area (Å²) in [7, 11) is 0. The summed E-state index contributed by atoms with van der Waals surface area (Å²) in [5.41, 5.74) is -1.17. The van der Waals surface area contributed by atoms with E-state index in [4.69, 9.17) is 5.11 Å². The molecule has 2 aliphatic rings. The molecule has 0 aromatic rings. The lowest BCUT2D eigenvalue weighted by Gasteiger charge is -2.20. The van der Waals surface area contributed by atoms with E-state index in [0.29, 0.717) is 4.58 Å². The van der Waals surface area contributed by atoms with E-state index in [1.165, 1.54) is 0 Å². The molecule has 88 valence electrons. The largest absolute Gasteiger partial charge is 0.477 e. The summed E-state index contributed by atoms with van der Waals surface area (Å²) in [5.74, 6) is -4.59. The van der Waals surface area contributed by atoms with Crippen molar-refractivity contribution in [2.45, 2.75) is 25.2 Å². The Bertz CT molecular complexity index is 425. The van der Waals surface area contributed by atoms with Gasteiger partial charge in [0.25, 0.3) is 11.4 Å². The van der Waals surface area contributed by atoms with Gasteiger partial charge in [0, 0.05) is 6.42 Å². The van der Waals surface area contributed by atoms with Crippen LogP contribution < -0.4 is 0 Å². The summed E-state index contributed by atoms with van der Waals surface area (Å²) < 4.78 is 52.0. The number of carbonyl (C=O) groups is 1. The average molecular weight is 238 g/mol. The van der Waals surface area contributed by atoms with Crippen LogP contribution in [-0.2, 0) is 4.79 Å². The SMILES string of the molecule is O=C(O)C[N+]1=C2C(=C1C(F)F)CCC2(F)F. The Kier molecular flexibility index (Phi) is 2.28. The fraction of sp³-hybridized carbons (Fsp3) is 0.556. The first-order valence-electron chi connectivity index (χ1n) is 4.60. The second-order valence-electron chi connectivity index (χ2n) is 3.70. The van der Waals surface area contributed by atoms with E-state index in [9.17, 15) is 22.4 Å². The highest BCUT2D eigenvalue weighted by Crippen LogP contribution is 2.44. The minimum absolute atomic E-state index is 0.0683. The van der Waals surface area contributed by atoms with E-state index >= 15 is 0 Å². The normalized spacial score (nSPS) is 22.6. The smallest absolute Gasteiger partial charge is 0.370 e. The van der Waals surface area contributed by atoms with Crippen LogP contribution in [0.1, 0.15) is 12.8 Å². The number of hydrogen-bond donors (Lipinski definition) is 1. The zero-order chi connectivity index (χ0) is 12.1. The third kappa shape index (κ3) is 1.42. The van der Waals surface area contributed by atoms with Gasteiger partial charge in [-0.2, -0.15) is 22.1 Å². The van der Waals surface area contributed by atoms with Gasteiger partial charge in [0.05, 0.1) is 5.57 Å². The van der Waals surface area contributed by atoms with Gasteiger partial charge in [0.1, 0.15) is 0 Å². The van der Waals surface area contributed by atoms with Gasteiger partial charge >= 0.3 is 18.3 Å². The van der Waals surface area contributed by atoms with Gasteiger partial charge in [0.2, 0.25) is 6.54 Å². The Labute approximate surface area is 87.7 Å². The average Bonchev–Trinajstić information content (AvgIpc) is 2.31. The molecular formula is C9H8F4NO2+. The molecule has 0 amide bonds. The Balaban J connectivity index is 2.38. The number of alkyl halides is 4. The maximum absolute atomic E-state index is 13.2. The molecule has 7 heteroatoms. The zero-order valence-electron chi connectivity index (χ0n) is 8.01. The van der Waals surface area contributed by atoms with Crippen molar-refractivity contribution in [3.8, 4) is 0 Å². The summed E-state index contributed by atoms with van der Waals surface area (Å²) in [6.45, 7) is -0.839. The molecule has 1 fully saturated rings. The van der Waals surface area contributed by atoms with Crippen LogP contribution in [0.25, 0.3) is 0 Å². The first-order valence-corrected chi connectivity index (χ1v) is 4.60. The predicted molar refractivity (Wildman–Crippen MR) is 45.0 cm³/mol. The predicted octanol–water partition coefficient (Wildman–Crippen LogP) is 1.49. The second-order valence-corrected chi connectivity index (χ2v) is 3.70. The van der Waals surface area contributed by atoms with Crippen molar-refractivity contribution in [1.29, 1.82) is 0 Å². The number of carboxylic acid groups (broad SMARTS) is 1. The van der Waals surface area contributed by atoms with Crippen LogP contribution in [0.4, 0.5) is 17.6 Å². The molecule has 0 aromatic heterocycles. The zero-order valence-corrected chi connectivity index (χ0v) is 8.01. The lowest BCUT2D eigenvalue weighted by Crippen LogP contribution is -2.44. The van der Waals surface area contributed by atoms with Crippen LogP contribution in [0.3, 0.4) is 0 Å².